The van der Waals surface area contributed by atoms with Gasteiger partial charge in [-0.1, -0.05) is 36.2 Å². The molecule has 0 radical (unpaired) electrons. The summed E-state index contributed by atoms with van der Waals surface area (Å²) < 4.78 is 83.6. The summed E-state index contributed by atoms with van der Waals surface area (Å²) in [6, 6.07) is 5.97. The van der Waals surface area contributed by atoms with Gasteiger partial charge in [0.1, 0.15) is 11.2 Å². The molecular formula is C21H19Cl2F6N3O. The maximum Gasteiger partial charge on any atom is 0.433 e. The quantitative estimate of drug-likeness (QED) is 0.488. The van der Waals surface area contributed by atoms with Crippen molar-refractivity contribution < 1.29 is 31.1 Å². The van der Waals surface area contributed by atoms with Gasteiger partial charge in [0.2, 0.25) is 5.91 Å². The molecule has 2 heterocycles. The zero-order valence-electron chi connectivity index (χ0n) is 17.2. The number of hydrogen-bond donors (Lipinski definition) is 1. The molecule has 3 rings (SSSR count). The van der Waals surface area contributed by atoms with Crippen LogP contribution in [0.5, 0.6) is 0 Å². The molecule has 4 nitrogen and oxygen atoms in total. The van der Waals surface area contributed by atoms with E-state index < -0.39 is 48.9 Å². The van der Waals surface area contributed by atoms with Crippen molar-refractivity contribution in [2.45, 2.75) is 44.1 Å². The zero-order valence-corrected chi connectivity index (χ0v) is 18.8. The fourth-order valence-corrected chi connectivity index (χ4v) is 4.35. The molecule has 1 unspecified atom stereocenters. The molecule has 1 aliphatic rings. The predicted octanol–water partition coefficient (Wildman–Crippen LogP) is 6.14. The van der Waals surface area contributed by atoms with Crippen molar-refractivity contribution in [1.82, 2.24) is 10.3 Å². The number of amides is 1. The van der Waals surface area contributed by atoms with Crippen molar-refractivity contribution >= 4 is 34.9 Å². The first-order valence-electron chi connectivity index (χ1n) is 9.89. The molecule has 0 bridgehead atoms. The fraction of sp³-hybridized carbons (Fsp3) is 0.429. The van der Waals surface area contributed by atoms with Gasteiger partial charge in [-0.05, 0) is 36.2 Å². The smallest absolute Gasteiger partial charge is 0.355 e. The number of anilines is 1. The first-order valence-corrected chi connectivity index (χ1v) is 10.6. The Labute approximate surface area is 195 Å². The van der Waals surface area contributed by atoms with E-state index in [1.54, 1.807) is 6.92 Å². The Balaban J connectivity index is 1.98. The third-order valence-electron chi connectivity index (χ3n) is 5.58. The molecule has 0 spiro atoms. The zero-order chi connectivity index (χ0) is 24.6. The van der Waals surface area contributed by atoms with Crippen LogP contribution in [0.15, 0.2) is 30.3 Å². The number of halogens is 8. The van der Waals surface area contributed by atoms with Gasteiger partial charge in [0, 0.05) is 41.7 Å². The molecule has 180 valence electrons. The summed E-state index contributed by atoms with van der Waals surface area (Å²) in [5.74, 6) is -0.686. The van der Waals surface area contributed by atoms with Crippen LogP contribution in [0.2, 0.25) is 10.0 Å². The molecule has 1 aliphatic heterocycles. The molecule has 1 fully saturated rings. The van der Waals surface area contributed by atoms with Gasteiger partial charge < -0.3 is 10.2 Å². The minimum Gasteiger partial charge on any atom is -0.355 e. The van der Waals surface area contributed by atoms with Crippen molar-refractivity contribution in [3.63, 3.8) is 0 Å². The molecule has 1 amide bonds. The number of carbonyl (C=O) groups is 1. The Morgan fingerprint density at radius 2 is 1.76 bits per heavy atom. The molecule has 12 heteroatoms. The second kappa shape index (κ2) is 9.21. The van der Waals surface area contributed by atoms with E-state index >= 15 is 0 Å². The SMILES string of the molecule is CCC(=O)NCc1ccc(N2CCC(c3cc(Cl)cc(Cl)c3)(C(F)(F)F)C2)nc1C(F)(F)F. The summed E-state index contributed by atoms with van der Waals surface area (Å²) in [5, 5.41) is 2.40. The number of benzene rings is 1. The Bertz CT molecular complexity index is 1020. The molecule has 2 aromatic rings. The van der Waals surface area contributed by atoms with E-state index in [1.165, 1.54) is 24.3 Å². The van der Waals surface area contributed by atoms with Crippen molar-refractivity contribution in [1.29, 1.82) is 0 Å². The van der Waals surface area contributed by atoms with E-state index in [0.29, 0.717) is 0 Å². The van der Waals surface area contributed by atoms with Crippen molar-refractivity contribution in [2.75, 3.05) is 18.0 Å². The topological polar surface area (TPSA) is 45.2 Å². The third-order valence-corrected chi connectivity index (χ3v) is 6.02. The molecular weight excluding hydrogens is 495 g/mol. The van der Waals surface area contributed by atoms with E-state index in [4.69, 9.17) is 23.2 Å². The summed E-state index contributed by atoms with van der Waals surface area (Å²) in [7, 11) is 0. The lowest BCUT2D eigenvalue weighted by atomic mass is 9.79. The molecule has 1 saturated heterocycles. The molecule has 1 aromatic heterocycles. The van der Waals surface area contributed by atoms with Crippen LogP contribution in [0.25, 0.3) is 0 Å². The highest BCUT2D eigenvalue weighted by molar-refractivity contribution is 6.34. The summed E-state index contributed by atoms with van der Waals surface area (Å²) >= 11 is 11.8. The summed E-state index contributed by atoms with van der Waals surface area (Å²) in [5.41, 5.74) is -4.08. The highest BCUT2D eigenvalue weighted by atomic mass is 35.5. The average molecular weight is 514 g/mol. The molecule has 0 aliphatic carbocycles. The third kappa shape index (κ3) is 5.32. The van der Waals surface area contributed by atoms with Gasteiger partial charge >= 0.3 is 12.4 Å². The largest absolute Gasteiger partial charge is 0.433 e. The Kier molecular flexibility index (Phi) is 7.10. The lowest BCUT2D eigenvalue weighted by Gasteiger charge is -2.33. The normalized spacial score (nSPS) is 19.1. The standard InChI is InChI=1S/C21H19Cl2F6N3O/c1-2-17(33)30-10-12-3-4-16(31-18(12)20(24,25)26)32-6-5-19(11-32,21(27,28)29)13-7-14(22)9-15(23)8-13/h3-4,7-9H,2,5-6,10-11H2,1H3,(H,30,33). The Morgan fingerprint density at radius 3 is 2.30 bits per heavy atom. The second-order valence-corrected chi connectivity index (χ2v) is 8.59. The number of carbonyl (C=O) groups excluding carboxylic acids is 1. The number of aromatic nitrogens is 1. The first kappa shape index (κ1) is 25.4. The molecule has 0 saturated carbocycles. The number of nitrogens with zero attached hydrogens (tertiary/aromatic N) is 2. The van der Waals surface area contributed by atoms with E-state index in [0.717, 1.165) is 11.0 Å². The van der Waals surface area contributed by atoms with Crippen LogP contribution in [0.4, 0.5) is 32.2 Å². The lowest BCUT2D eigenvalue weighted by Crippen LogP contribution is -2.45. The second-order valence-electron chi connectivity index (χ2n) is 7.71. The number of hydrogen-bond acceptors (Lipinski definition) is 3. The van der Waals surface area contributed by atoms with Crippen molar-refractivity contribution in [3.05, 3.63) is 57.2 Å². The van der Waals surface area contributed by atoms with Crippen molar-refractivity contribution in [3.8, 4) is 0 Å². The van der Waals surface area contributed by atoms with Crippen LogP contribution in [0.1, 0.15) is 36.6 Å². The number of pyridine rings is 1. The minimum atomic E-state index is -4.86. The Hall–Kier alpha value is -2.20. The molecule has 1 aromatic carbocycles. The van der Waals surface area contributed by atoms with Gasteiger partial charge in [0.25, 0.3) is 0 Å². The van der Waals surface area contributed by atoms with E-state index in [-0.39, 0.29) is 40.0 Å². The van der Waals surface area contributed by atoms with Gasteiger partial charge in [-0.2, -0.15) is 26.3 Å². The van der Waals surface area contributed by atoms with Crippen LogP contribution in [-0.4, -0.2) is 30.2 Å². The Morgan fingerprint density at radius 1 is 1.12 bits per heavy atom. The molecule has 1 atom stereocenters. The van der Waals surface area contributed by atoms with Gasteiger partial charge in [0.05, 0.1) is 0 Å². The molecule has 33 heavy (non-hydrogen) atoms. The number of nitrogens with one attached hydrogen (secondary N) is 1. The van der Waals surface area contributed by atoms with Gasteiger partial charge in [0.15, 0.2) is 5.69 Å². The summed E-state index contributed by atoms with van der Waals surface area (Å²) in [6.45, 7) is 0.320. The van der Waals surface area contributed by atoms with Crippen molar-refractivity contribution in [2.24, 2.45) is 0 Å². The minimum absolute atomic E-state index is 0.0236. The van der Waals surface area contributed by atoms with Gasteiger partial charge in [-0.15, -0.1) is 0 Å². The monoisotopic (exact) mass is 513 g/mol. The lowest BCUT2D eigenvalue weighted by molar-refractivity contribution is -0.184. The van der Waals surface area contributed by atoms with E-state index in [2.05, 4.69) is 10.3 Å². The van der Waals surface area contributed by atoms with E-state index in [1.807, 2.05) is 0 Å². The highest BCUT2D eigenvalue weighted by Crippen LogP contribution is 2.49. The van der Waals surface area contributed by atoms with Crippen LogP contribution >= 0.6 is 23.2 Å². The van der Waals surface area contributed by atoms with Crippen LogP contribution in [-0.2, 0) is 22.9 Å². The maximum atomic E-state index is 14.2. The number of alkyl halides is 6. The molecule has 1 N–H and O–H groups in total. The summed E-state index contributed by atoms with van der Waals surface area (Å²) in [6.07, 6.45) is -9.89. The van der Waals surface area contributed by atoms with Crippen LogP contribution < -0.4 is 10.2 Å². The highest BCUT2D eigenvalue weighted by Gasteiger charge is 2.59. The summed E-state index contributed by atoms with van der Waals surface area (Å²) in [4.78, 5) is 16.2. The maximum absolute atomic E-state index is 14.2. The van der Waals surface area contributed by atoms with Crippen LogP contribution in [0, 0.1) is 0 Å². The van der Waals surface area contributed by atoms with E-state index in [9.17, 15) is 31.1 Å². The van der Waals surface area contributed by atoms with Gasteiger partial charge in [-0.25, -0.2) is 4.98 Å². The number of rotatable bonds is 5. The fourth-order valence-electron chi connectivity index (χ4n) is 3.83. The first-order chi connectivity index (χ1) is 15.3. The average Bonchev–Trinajstić information content (AvgIpc) is 3.17. The van der Waals surface area contributed by atoms with Crippen LogP contribution in [0.3, 0.4) is 0 Å². The predicted molar refractivity (Wildman–Crippen MR) is 112 cm³/mol. The van der Waals surface area contributed by atoms with Gasteiger partial charge in [-0.3, -0.25) is 4.79 Å².